The minimum atomic E-state index is -0.749. The summed E-state index contributed by atoms with van der Waals surface area (Å²) >= 11 is 5.95. The van der Waals surface area contributed by atoms with Crippen LogP contribution in [0.1, 0.15) is 36.0 Å². The summed E-state index contributed by atoms with van der Waals surface area (Å²) < 4.78 is 10.3. The number of nitrogens with one attached hydrogen (secondary N) is 1. The van der Waals surface area contributed by atoms with Crippen LogP contribution in [-0.2, 0) is 19.1 Å². The molecule has 2 aromatic carbocycles. The first-order chi connectivity index (χ1) is 15.9. The molecule has 3 amide bonds. The van der Waals surface area contributed by atoms with E-state index in [4.69, 9.17) is 21.1 Å². The van der Waals surface area contributed by atoms with Crippen LogP contribution in [0, 0.1) is 11.8 Å². The third kappa shape index (κ3) is 4.71. The van der Waals surface area contributed by atoms with Gasteiger partial charge in [-0.05, 0) is 49.2 Å². The van der Waals surface area contributed by atoms with Gasteiger partial charge in [-0.2, -0.15) is 0 Å². The van der Waals surface area contributed by atoms with Gasteiger partial charge in [-0.1, -0.05) is 30.5 Å². The molecule has 0 aromatic heterocycles. The Hall–Kier alpha value is -3.39. The summed E-state index contributed by atoms with van der Waals surface area (Å²) in [4.78, 5) is 51.6. The fourth-order valence-corrected chi connectivity index (χ4v) is 4.54. The number of amides is 3. The Morgan fingerprint density at radius 1 is 1.06 bits per heavy atom. The van der Waals surface area contributed by atoms with Crippen molar-refractivity contribution < 1.29 is 28.7 Å². The molecule has 172 valence electrons. The summed E-state index contributed by atoms with van der Waals surface area (Å²) in [6, 6.07) is 10.9. The molecule has 1 aliphatic heterocycles. The van der Waals surface area contributed by atoms with Gasteiger partial charge in [0.1, 0.15) is 5.75 Å². The fraction of sp³-hybridized carbons (Fsp3) is 0.333. The number of ether oxygens (including phenoxy) is 2. The minimum absolute atomic E-state index is 0.135. The molecule has 0 bridgehead atoms. The normalized spacial score (nSPS) is 19.8. The first-order valence-corrected chi connectivity index (χ1v) is 11.0. The van der Waals surface area contributed by atoms with E-state index < -0.39 is 18.5 Å². The first-order valence-electron chi connectivity index (χ1n) is 10.7. The van der Waals surface area contributed by atoms with E-state index in [-0.39, 0.29) is 29.2 Å². The second-order valence-electron chi connectivity index (χ2n) is 8.03. The maximum Gasteiger partial charge on any atom is 0.338 e. The van der Waals surface area contributed by atoms with Gasteiger partial charge in [0.05, 0.1) is 35.9 Å². The van der Waals surface area contributed by atoms with Gasteiger partial charge < -0.3 is 14.8 Å². The third-order valence-electron chi connectivity index (χ3n) is 5.95. The van der Waals surface area contributed by atoms with E-state index in [0.717, 1.165) is 12.8 Å². The smallest absolute Gasteiger partial charge is 0.338 e. The number of fused-ring (bicyclic) bond motifs is 1. The predicted octanol–water partition coefficient (Wildman–Crippen LogP) is 3.82. The lowest BCUT2D eigenvalue weighted by Crippen LogP contribution is -2.31. The molecule has 1 heterocycles. The molecule has 9 heteroatoms. The molecule has 2 fully saturated rings. The maximum absolute atomic E-state index is 12.8. The van der Waals surface area contributed by atoms with E-state index in [0.29, 0.717) is 35.0 Å². The Morgan fingerprint density at radius 3 is 2.42 bits per heavy atom. The number of hydrogen-bond acceptors (Lipinski definition) is 6. The maximum atomic E-state index is 12.8. The highest BCUT2D eigenvalue weighted by Crippen LogP contribution is 2.40. The Kier molecular flexibility index (Phi) is 6.65. The summed E-state index contributed by atoms with van der Waals surface area (Å²) in [5.74, 6) is -1.92. The van der Waals surface area contributed by atoms with Gasteiger partial charge >= 0.3 is 5.97 Å². The number of nitrogens with zero attached hydrogens (tertiary/aromatic N) is 1. The molecule has 1 N–H and O–H groups in total. The Morgan fingerprint density at radius 2 is 1.76 bits per heavy atom. The highest BCUT2D eigenvalue weighted by Gasteiger charge is 2.48. The summed E-state index contributed by atoms with van der Waals surface area (Å²) in [6.45, 7) is -0.537. The van der Waals surface area contributed by atoms with E-state index in [1.807, 2.05) is 0 Å². The van der Waals surface area contributed by atoms with Gasteiger partial charge in [-0.3, -0.25) is 19.3 Å². The number of hydrogen-bond donors (Lipinski definition) is 1. The highest BCUT2D eigenvalue weighted by atomic mass is 35.5. The molecule has 0 unspecified atom stereocenters. The van der Waals surface area contributed by atoms with Crippen LogP contribution in [0.15, 0.2) is 42.5 Å². The molecular weight excluding hydrogens is 448 g/mol. The molecule has 4 rings (SSSR count). The van der Waals surface area contributed by atoms with Gasteiger partial charge in [0.15, 0.2) is 6.61 Å². The van der Waals surface area contributed by atoms with Crippen molar-refractivity contribution in [3.8, 4) is 5.75 Å². The fourth-order valence-electron chi connectivity index (χ4n) is 4.37. The second-order valence-corrected chi connectivity index (χ2v) is 8.47. The van der Waals surface area contributed by atoms with Crippen LogP contribution in [0.25, 0.3) is 0 Å². The van der Waals surface area contributed by atoms with E-state index in [9.17, 15) is 19.2 Å². The first kappa shape index (κ1) is 22.8. The van der Waals surface area contributed by atoms with Crippen molar-refractivity contribution in [2.75, 3.05) is 23.9 Å². The van der Waals surface area contributed by atoms with Crippen molar-refractivity contribution >= 4 is 46.7 Å². The van der Waals surface area contributed by atoms with E-state index in [2.05, 4.69) is 5.32 Å². The highest BCUT2D eigenvalue weighted by molar-refractivity contribution is 6.31. The van der Waals surface area contributed by atoms with Crippen LogP contribution in [0.3, 0.4) is 0 Å². The van der Waals surface area contributed by atoms with Crippen molar-refractivity contribution in [3.63, 3.8) is 0 Å². The van der Waals surface area contributed by atoms with Crippen molar-refractivity contribution in [3.05, 3.63) is 53.1 Å². The number of rotatable bonds is 6. The standard InChI is InChI=1S/C24H23ClN2O6/c1-32-20-10-9-15(25)12-19(20)26-21(28)13-33-24(31)14-5-4-6-16(11-14)27-22(29)17-7-2-3-8-18(17)23(27)30/h4-6,9-12,17-18H,2-3,7-8,13H2,1H3,(H,26,28)/t17-,18-/m1/s1. The van der Waals surface area contributed by atoms with Gasteiger partial charge in [-0.25, -0.2) is 4.79 Å². The van der Waals surface area contributed by atoms with E-state index >= 15 is 0 Å². The van der Waals surface area contributed by atoms with Crippen LogP contribution in [-0.4, -0.2) is 37.4 Å². The largest absolute Gasteiger partial charge is 0.495 e. The summed E-state index contributed by atoms with van der Waals surface area (Å²) in [5, 5.41) is 2.99. The molecule has 2 aliphatic rings. The Bertz CT molecular complexity index is 1090. The quantitative estimate of drug-likeness (QED) is 0.508. The minimum Gasteiger partial charge on any atom is -0.495 e. The van der Waals surface area contributed by atoms with Crippen molar-refractivity contribution in [2.24, 2.45) is 11.8 Å². The molecule has 1 saturated carbocycles. The summed E-state index contributed by atoms with van der Waals surface area (Å²) in [6.07, 6.45) is 3.28. The van der Waals surface area contributed by atoms with Gasteiger partial charge in [-0.15, -0.1) is 0 Å². The average molecular weight is 471 g/mol. The number of esters is 1. The predicted molar refractivity (Wildman–Crippen MR) is 121 cm³/mol. The van der Waals surface area contributed by atoms with Crippen molar-refractivity contribution in [1.82, 2.24) is 0 Å². The Labute approximate surface area is 195 Å². The molecule has 2 aromatic rings. The Balaban J connectivity index is 1.41. The third-order valence-corrected chi connectivity index (χ3v) is 6.19. The number of carbonyl (C=O) groups excluding carboxylic acids is 4. The van der Waals surface area contributed by atoms with Crippen molar-refractivity contribution in [2.45, 2.75) is 25.7 Å². The second kappa shape index (κ2) is 9.62. The van der Waals surface area contributed by atoms with Gasteiger partial charge in [0.25, 0.3) is 5.91 Å². The van der Waals surface area contributed by atoms with Crippen molar-refractivity contribution in [1.29, 1.82) is 0 Å². The van der Waals surface area contributed by atoms with Crippen LogP contribution in [0.5, 0.6) is 5.75 Å². The molecule has 1 saturated heterocycles. The molecule has 8 nitrogen and oxygen atoms in total. The summed E-state index contributed by atoms with van der Waals surface area (Å²) in [5.41, 5.74) is 0.818. The molecular formula is C24H23ClN2O6. The zero-order chi connectivity index (χ0) is 23.5. The monoisotopic (exact) mass is 470 g/mol. The van der Waals surface area contributed by atoms with Crippen LogP contribution < -0.4 is 15.0 Å². The zero-order valence-corrected chi connectivity index (χ0v) is 18.8. The lowest BCUT2D eigenvalue weighted by Gasteiger charge is -2.19. The lowest BCUT2D eigenvalue weighted by molar-refractivity contribution is -0.122. The topological polar surface area (TPSA) is 102 Å². The molecule has 0 radical (unpaired) electrons. The zero-order valence-electron chi connectivity index (χ0n) is 18.0. The van der Waals surface area contributed by atoms with E-state index in [1.165, 1.54) is 30.2 Å². The van der Waals surface area contributed by atoms with Crippen LogP contribution in [0.2, 0.25) is 5.02 Å². The van der Waals surface area contributed by atoms with Crippen LogP contribution in [0.4, 0.5) is 11.4 Å². The molecule has 0 spiro atoms. The number of carbonyl (C=O) groups is 4. The number of halogens is 1. The van der Waals surface area contributed by atoms with E-state index in [1.54, 1.807) is 24.3 Å². The van der Waals surface area contributed by atoms with Gasteiger partial charge in [0, 0.05) is 5.02 Å². The van der Waals surface area contributed by atoms with Gasteiger partial charge in [0.2, 0.25) is 11.8 Å². The van der Waals surface area contributed by atoms with Crippen LogP contribution >= 0.6 is 11.6 Å². The number of anilines is 2. The SMILES string of the molecule is COc1ccc(Cl)cc1NC(=O)COC(=O)c1cccc(N2C(=O)[C@@H]3CCCC[C@H]3C2=O)c1. The molecule has 2 atom stereocenters. The summed E-state index contributed by atoms with van der Waals surface area (Å²) in [7, 11) is 1.46. The number of imide groups is 1. The average Bonchev–Trinajstić information content (AvgIpc) is 3.08. The molecule has 33 heavy (non-hydrogen) atoms. The lowest BCUT2D eigenvalue weighted by atomic mass is 9.81. The molecule has 1 aliphatic carbocycles. The number of methoxy groups -OCH3 is 1. The number of benzene rings is 2.